The zero-order valence-corrected chi connectivity index (χ0v) is 5.50. The SMILES string of the molecule is NNC(=O)[C@H]1COCCO1. The summed E-state index contributed by atoms with van der Waals surface area (Å²) in [6, 6.07) is 0. The van der Waals surface area contributed by atoms with Gasteiger partial charge >= 0.3 is 0 Å². The number of hydrazine groups is 1. The Morgan fingerprint density at radius 2 is 2.40 bits per heavy atom. The minimum atomic E-state index is -0.529. The molecule has 1 saturated heterocycles. The van der Waals surface area contributed by atoms with E-state index < -0.39 is 6.10 Å². The Hall–Kier alpha value is -0.650. The molecule has 58 valence electrons. The molecule has 1 rings (SSSR count). The average molecular weight is 146 g/mol. The molecule has 0 aliphatic carbocycles. The van der Waals surface area contributed by atoms with E-state index in [0.29, 0.717) is 19.8 Å². The molecule has 0 aromatic rings. The number of hydrogen-bond acceptors (Lipinski definition) is 4. The fourth-order valence-electron chi connectivity index (χ4n) is 0.732. The summed E-state index contributed by atoms with van der Waals surface area (Å²) in [4.78, 5) is 10.7. The van der Waals surface area contributed by atoms with Crippen molar-refractivity contribution in [3.63, 3.8) is 0 Å². The van der Waals surface area contributed by atoms with Crippen LogP contribution >= 0.6 is 0 Å². The van der Waals surface area contributed by atoms with Crippen molar-refractivity contribution in [2.45, 2.75) is 6.10 Å². The van der Waals surface area contributed by atoms with Crippen LogP contribution in [0.1, 0.15) is 0 Å². The third-order valence-electron chi connectivity index (χ3n) is 1.25. The van der Waals surface area contributed by atoms with Crippen molar-refractivity contribution in [1.82, 2.24) is 5.43 Å². The number of ether oxygens (including phenoxy) is 2. The molecule has 0 aromatic heterocycles. The van der Waals surface area contributed by atoms with Crippen LogP contribution in [0.3, 0.4) is 0 Å². The first-order valence-electron chi connectivity index (χ1n) is 3.04. The normalized spacial score (nSPS) is 25.9. The van der Waals surface area contributed by atoms with Crippen molar-refractivity contribution in [3.05, 3.63) is 0 Å². The van der Waals surface area contributed by atoms with E-state index in [2.05, 4.69) is 0 Å². The second-order valence-electron chi connectivity index (χ2n) is 1.94. The van der Waals surface area contributed by atoms with Gasteiger partial charge in [0.1, 0.15) is 0 Å². The molecule has 0 saturated carbocycles. The highest BCUT2D eigenvalue weighted by atomic mass is 16.6. The largest absolute Gasteiger partial charge is 0.376 e. The van der Waals surface area contributed by atoms with Gasteiger partial charge in [0.05, 0.1) is 19.8 Å². The molecule has 5 nitrogen and oxygen atoms in total. The lowest BCUT2D eigenvalue weighted by Gasteiger charge is -2.20. The van der Waals surface area contributed by atoms with Gasteiger partial charge in [-0.25, -0.2) is 5.84 Å². The van der Waals surface area contributed by atoms with Gasteiger partial charge in [0, 0.05) is 0 Å². The first-order valence-corrected chi connectivity index (χ1v) is 3.04. The molecule has 1 fully saturated rings. The summed E-state index contributed by atoms with van der Waals surface area (Å²) in [5.74, 6) is 4.53. The monoisotopic (exact) mass is 146 g/mol. The first-order chi connectivity index (χ1) is 4.84. The van der Waals surface area contributed by atoms with Crippen molar-refractivity contribution >= 4 is 5.91 Å². The zero-order chi connectivity index (χ0) is 7.40. The van der Waals surface area contributed by atoms with E-state index in [1.54, 1.807) is 0 Å². The van der Waals surface area contributed by atoms with Crippen LogP contribution in [0.2, 0.25) is 0 Å². The number of carbonyl (C=O) groups is 1. The molecule has 1 atom stereocenters. The van der Waals surface area contributed by atoms with E-state index in [1.165, 1.54) is 0 Å². The Labute approximate surface area is 58.4 Å². The molecule has 1 aliphatic heterocycles. The molecule has 5 heteroatoms. The zero-order valence-electron chi connectivity index (χ0n) is 5.50. The Morgan fingerprint density at radius 3 is 2.90 bits per heavy atom. The van der Waals surface area contributed by atoms with Gasteiger partial charge in [0.2, 0.25) is 0 Å². The molecule has 1 heterocycles. The molecule has 0 spiro atoms. The van der Waals surface area contributed by atoms with E-state index in [-0.39, 0.29) is 5.91 Å². The van der Waals surface area contributed by atoms with Crippen LogP contribution < -0.4 is 11.3 Å². The van der Waals surface area contributed by atoms with E-state index in [1.807, 2.05) is 5.43 Å². The quantitative estimate of drug-likeness (QED) is 0.265. The summed E-state index contributed by atoms with van der Waals surface area (Å²) < 4.78 is 9.98. The number of nitrogens with two attached hydrogens (primary N) is 1. The van der Waals surface area contributed by atoms with Gasteiger partial charge in [-0.2, -0.15) is 0 Å². The van der Waals surface area contributed by atoms with Crippen LogP contribution in [0.25, 0.3) is 0 Å². The van der Waals surface area contributed by atoms with Gasteiger partial charge in [-0.1, -0.05) is 0 Å². The van der Waals surface area contributed by atoms with E-state index in [4.69, 9.17) is 15.3 Å². The smallest absolute Gasteiger partial charge is 0.265 e. The first kappa shape index (κ1) is 7.46. The van der Waals surface area contributed by atoms with E-state index in [0.717, 1.165) is 0 Å². The molecule has 0 unspecified atom stereocenters. The van der Waals surface area contributed by atoms with Crippen LogP contribution in [0.15, 0.2) is 0 Å². The fourth-order valence-corrected chi connectivity index (χ4v) is 0.732. The summed E-state index contributed by atoms with van der Waals surface area (Å²) in [7, 11) is 0. The van der Waals surface area contributed by atoms with Crippen LogP contribution in [0, 0.1) is 0 Å². The number of hydrogen-bond donors (Lipinski definition) is 2. The molecule has 0 bridgehead atoms. The van der Waals surface area contributed by atoms with Crippen molar-refractivity contribution in [2.75, 3.05) is 19.8 Å². The fraction of sp³-hybridized carbons (Fsp3) is 0.800. The molecule has 3 N–H and O–H groups in total. The van der Waals surface area contributed by atoms with Gasteiger partial charge < -0.3 is 9.47 Å². The molecular weight excluding hydrogens is 136 g/mol. The third kappa shape index (κ3) is 1.66. The van der Waals surface area contributed by atoms with Gasteiger partial charge in [-0.05, 0) is 0 Å². The number of rotatable bonds is 1. The van der Waals surface area contributed by atoms with Crippen molar-refractivity contribution in [3.8, 4) is 0 Å². The lowest BCUT2D eigenvalue weighted by atomic mass is 10.3. The van der Waals surface area contributed by atoms with Gasteiger partial charge in [0.25, 0.3) is 5.91 Å². The topological polar surface area (TPSA) is 73.6 Å². The highest BCUT2D eigenvalue weighted by Gasteiger charge is 2.21. The molecule has 10 heavy (non-hydrogen) atoms. The second-order valence-corrected chi connectivity index (χ2v) is 1.94. The maximum atomic E-state index is 10.7. The molecule has 0 radical (unpaired) electrons. The summed E-state index contributed by atoms with van der Waals surface area (Å²) in [6.45, 7) is 1.30. The van der Waals surface area contributed by atoms with E-state index in [9.17, 15) is 4.79 Å². The molecule has 0 aromatic carbocycles. The second kappa shape index (κ2) is 3.50. The van der Waals surface area contributed by atoms with Crippen LogP contribution in [-0.4, -0.2) is 31.8 Å². The van der Waals surface area contributed by atoms with Crippen molar-refractivity contribution in [2.24, 2.45) is 5.84 Å². The van der Waals surface area contributed by atoms with Crippen LogP contribution in [0.5, 0.6) is 0 Å². The predicted molar refractivity (Wildman–Crippen MR) is 32.9 cm³/mol. The number of nitrogens with one attached hydrogen (secondary N) is 1. The van der Waals surface area contributed by atoms with Gasteiger partial charge in [-0.3, -0.25) is 10.2 Å². The minimum Gasteiger partial charge on any atom is -0.376 e. The Balaban J connectivity index is 2.31. The standard InChI is InChI=1S/C5H10N2O3/c6-7-5(8)4-3-9-1-2-10-4/h4H,1-3,6H2,(H,7,8)/t4-/m1/s1. The van der Waals surface area contributed by atoms with Gasteiger partial charge in [0.15, 0.2) is 6.10 Å². The summed E-state index contributed by atoms with van der Waals surface area (Å²) in [5.41, 5.74) is 1.99. The Kier molecular flexibility index (Phi) is 2.61. The maximum Gasteiger partial charge on any atom is 0.265 e. The highest BCUT2D eigenvalue weighted by molar-refractivity contribution is 5.80. The van der Waals surface area contributed by atoms with Gasteiger partial charge in [-0.15, -0.1) is 0 Å². The van der Waals surface area contributed by atoms with Crippen molar-refractivity contribution < 1.29 is 14.3 Å². The number of amides is 1. The van der Waals surface area contributed by atoms with E-state index >= 15 is 0 Å². The Bertz CT molecular complexity index is 122. The minimum absolute atomic E-state index is 0.295. The lowest BCUT2D eigenvalue weighted by Crippen LogP contribution is -2.45. The lowest BCUT2D eigenvalue weighted by molar-refractivity contribution is -0.147. The van der Waals surface area contributed by atoms with Crippen LogP contribution in [0.4, 0.5) is 0 Å². The summed E-state index contributed by atoms with van der Waals surface area (Å²) in [5, 5.41) is 0. The Morgan fingerprint density at radius 1 is 1.60 bits per heavy atom. The molecule has 1 amide bonds. The third-order valence-corrected chi connectivity index (χ3v) is 1.25. The maximum absolute atomic E-state index is 10.7. The van der Waals surface area contributed by atoms with Crippen LogP contribution in [-0.2, 0) is 14.3 Å². The number of carbonyl (C=O) groups excluding carboxylic acids is 1. The summed E-state index contributed by atoms with van der Waals surface area (Å²) >= 11 is 0. The summed E-state index contributed by atoms with van der Waals surface area (Å²) in [6.07, 6.45) is -0.529. The average Bonchev–Trinajstić information content (AvgIpc) is 2.05. The highest BCUT2D eigenvalue weighted by Crippen LogP contribution is 1.99. The molecule has 1 aliphatic rings. The molecular formula is C5H10N2O3. The predicted octanol–water partition coefficient (Wildman–Crippen LogP) is -1.61. The van der Waals surface area contributed by atoms with Crippen molar-refractivity contribution in [1.29, 1.82) is 0 Å².